The molecule has 0 amide bonds. The number of fused-ring (bicyclic) bond motifs is 2. The van der Waals surface area contributed by atoms with Gasteiger partial charge in [0.05, 0.1) is 18.2 Å². The van der Waals surface area contributed by atoms with Gasteiger partial charge in [-0.1, -0.05) is 0 Å². The topological polar surface area (TPSA) is 71.5 Å². The maximum atomic E-state index is 12.1. The van der Waals surface area contributed by atoms with Gasteiger partial charge in [-0.05, 0) is 18.2 Å². The molecular formula is C14H14N2O3. The molecule has 2 N–H and O–H groups in total. The van der Waals surface area contributed by atoms with Crippen molar-refractivity contribution in [2.75, 3.05) is 13.7 Å². The number of pyridine rings is 1. The van der Waals surface area contributed by atoms with E-state index >= 15 is 0 Å². The zero-order chi connectivity index (χ0) is 13.4. The molecule has 0 radical (unpaired) electrons. The number of benzene rings is 1. The van der Waals surface area contributed by atoms with Crippen molar-refractivity contribution in [3.63, 3.8) is 0 Å². The predicted octanol–water partition coefficient (Wildman–Crippen LogP) is 1.37. The number of aromatic hydroxyl groups is 1. The first-order chi connectivity index (χ1) is 9.20. The lowest BCUT2D eigenvalue weighted by Crippen LogP contribution is -2.27. The monoisotopic (exact) mass is 258 g/mol. The van der Waals surface area contributed by atoms with Crippen LogP contribution in [-0.4, -0.2) is 29.7 Å². The molecule has 0 fully saturated rings. The second kappa shape index (κ2) is 4.51. The highest BCUT2D eigenvalue weighted by atomic mass is 16.5. The Hall–Kier alpha value is -2.14. The maximum Gasteiger partial charge on any atom is 0.338 e. The molecule has 0 aliphatic carbocycles. The summed E-state index contributed by atoms with van der Waals surface area (Å²) >= 11 is 0. The third kappa shape index (κ3) is 1.92. The van der Waals surface area contributed by atoms with Crippen LogP contribution < -0.4 is 5.32 Å². The number of hydrogen-bond acceptors (Lipinski definition) is 5. The molecule has 19 heavy (non-hydrogen) atoms. The van der Waals surface area contributed by atoms with E-state index in [1.165, 1.54) is 7.11 Å². The second-order valence-corrected chi connectivity index (χ2v) is 4.53. The van der Waals surface area contributed by atoms with Crippen LogP contribution in [0.5, 0.6) is 5.75 Å². The van der Waals surface area contributed by atoms with Gasteiger partial charge in [0.2, 0.25) is 0 Å². The molecule has 2 aromatic rings. The smallest absolute Gasteiger partial charge is 0.338 e. The summed E-state index contributed by atoms with van der Waals surface area (Å²) in [5.74, 6) is -0.277. The summed E-state index contributed by atoms with van der Waals surface area (Å²) in [5.41, 5.74) is 3.01. The number of phenolic OH excluding ortho intramolecular Hbond substituents is 1. The molecule has 1 aromatic heterocycles. The van der Waals surface area contributed by atoms with Crippen LogP contribution >= 0.6 is 0 Å². The minimum atomic E-state index is -0.391. The van der Waals surface area contributed by atoms with Crippen molar-refractivity contribution in [3.05, 3.63) is 35.0 Å². The number of carbonyl (C=O) groups excluding carboxylic acids is 1. The van der Waals surface area contributed by atoms with Crippen LogP contribution in [0, 0.1) is 0 Å². The number of nitrogens with one attached hydrogen (secondary N) is 1. The number of hydrogen-bond donors (Lipinski definition) is 2. The summed E-state index contributed by atoms with van der Waals surface area (Å²) < 4.78 is 4.87. The lowest BCUT2D eigenvalue weighted by molar-refractivity contribution is 0.0601. The van der Waals surface area contributed by atoms with Crippen LogP contribution in [0.2, 0.25) is 0 Å². The highest BCUT2D eigenvalue weighted by molar-refractivity contribution is 6.05. The zero-order valence-electron chi connectivity index (χ0n) is 10.6. The molecule has 0 unspecified atom stereocenters. The van der Waals surface area contributed by atoms with Crippen molar-refractivity contribution in [3.8, 4) is 5.75 Å². The molecule has 3 rings (SSSR count). The second-order valence-electron chi connectivity index (χ2n) is 4.53. The number of rotatable bonds is 1. The lowest BCUT2D eigenvalue weighted by atomic mass is 9.96. The fourth-order valence-corrected chi connectivity index (χ4v) is 2.49. The van der Waals surface area contributed by atoms with Crippen molar-refractivity contribution in [2.24, 2.45) is 0 Å². The average Bonchev–Trinajstić information content (AvgIpc) is 2.44. The van der Waals surface area contributed by atoms with Crippen LogP contribution in [0.25, 0.3) is 10.9 Å². The average molecular weight is 258 g/mol. The van der Waals surface area contributed by atoms with Crippen LogP contribution in [0.1, 0.15) is 21.6 Å². The molecule has 2 heterocycles. The maximum absolute atomic E-state index is 12.1. The first-order valence-corrected chi connectivity index (χ1v) is 6.14. The Morgan fingerprint density at radius 2 is 2.32 bits per heavy atom. The Bertz CT molecular complexity index is 667. The van der Waals surface area contributed by atoms with Gasteiger partial charge in [0.1, 0.15) is 5.75 Å². The van der Waals surface area contributed by atoms with Gasteiger partial charge in [-0.25, -0.2) is 4.79 Å². The van der Waals surface area contributed by atoms with Gasteiger partial charge < -0.3 is 15.2 Å². The molecule has 5 heteroatoms. The fourth-order valence-electron chi connectivity index (χ4n) is 2.49. The molecule has 0 bridgehead atoms. The van der Waals surface area contributed by atoms with E-state index in [2.05, 4.69) is 10.3 Å². The van der Waals surface area contributed by atoms with Crippen molar-refractivity contribution in [1.29, 1.82) is 0 Å². The summed E-state index contributed by atoms with van der Waals surface area (Å²) in [6, 6.07) is 4.85. The molecule has 98 valence electrons. The predicted molar refractivity (Wildman–Crippen MR) is 70.2 cm³/mol. The molecule has 1 aliphatic heterocycles. The van der Waals surface area contributed by atoms with Crippen molar-refractivity contribution >= 4 is 16.9 Å². The first kappa shape index (κ1) is 11.9. The molecule has 1 aromatic carbocycles. The minimum Gasteiger partial charge on any atom is -0.508 e. The quantitative estimate of drug-likeness (QED) is 0.756. The van der Waals surface area contributed by atoms with Crippen LogP contribution in [0.4, 0.5) is 0 Å². The number of methoxy groups -OCH3 is 1. The Kier molecular flexibility index (Phi) is 2.83. The van der Waals surface area contributed by atoms with Gasteiger partial charge in [0.15, 0.2) is 0 Å². The van der Waals surface area contributed by atoms with Gasteiger partial charge in [-0.2, -0.15) is 0 Å². The Morgan fingerprint density at radius 3 is 3.11 bits per heavy atom. The van der Waals surface area contributed by atoms with E-state index in [1.807, 2.05) is 0 Å². The summed E-state index contributed by atoms with van der Waals surface area (Å²) in [6.07, 6.45) is 0.788. The standard InChI is InChI=1S/C14H14N2O3/c1-19-14(18)13-9-6-8(17)2-3-11(9)16-12-4-5-15-7-10(12)13/h2-3,6,15,17H,4-5,7H2,1H3. The highest BCUT2D eigenvalue weighted by Crippen LogP contribution is 2.28. The Labute approximate surface area is 110 Å². The molecule has 0 saturated heterocycles. The normalized spacial score (nSPS) is 14.2. The summed E-state index contributed by atoms with van der Waals surface area (Å²) in [6.45, 7) is 1.45. The van der Waals surface area contributed by atoms with Gasteiger partial charge in [0, 0.05) is 36.2 Å². The van der Waals surface area contributed by atoms with E-state index in [0.717, 1.165) is 24.2 Å². The molecule has 1 aliphatic rings. The van der Waals surface area contributed by atoms with E-state index in [-0.39, 0.29) is 5.75 Å². The van der Waals surface area contributed by atoms with Crippen molar-refractivity contribution < 1.29 is 14.6 Å². The summed E-state index contributed by atoms with van der Waals surface area (Å²) in [5, 5.41) is 13.5. The molecular weight excluding hydrogens is 244 g/mol. The number of aromatic nitrogens is 1. The van der Waals surface area contributed by atoms with Crippen LogP contribution in [-0.2, 0) is 17.7 Å². The third-order valence-corrected chi connectivity index (χ3v) is 3.38. The van der Waals surface area contributed by atoms with E-state index in [4.69, 9.17) is 4.74 Å². The van der Waals surface area contributed by atoms with E-state index < -0.39 is 5.97 Å². The van der Waals surface area contributed by atoms with E-state index in [1.54, 1.807) is 18.2 Å². The van der Waals surface area contributed by atoms with Gasteiger partial charge >= 0.3 is 5.97 Å². The molecule has 5 nitrogen and oxygen atoms in total. The fraction of sp³-hybridized carbons (Fsp3) is 0.286. The third-order valence-electron chi connectivity index (χ3n) is 3.38. The largest absolute Gasteiger partial charge is 0.508 e. The Balaban J connectivity index is 2.37. The molecule has 0 saturated carbocycles. The number of phenols is 1. The van der Waals surface area contributed by atoms with Gasteiger partial charge in [-0.3, -0.25) is 4.98 Å². The van der Waals surface area contributed by atoms with Crippen molar-refractivity contribution in [2.45, 2.75) is 13.0 Å². The zero-order valence-corrected chi connectivity index (χ0v) is 10.6. The van der Waals surface area contributed by atoms with E-state index in [0.29, 0.717) is 23.0 Å². The SMILES string of the molecule is COC(=O)c1c2c(nc3ccc(O)cc13)CCNC2. The lowest BCUT2D eigenvalue weighted by Gasteiger charge is -2.20. The summed E-state index contributed by atoms with van der Waals surface area (Å²) in [4.78, 5) is 16.6. The van der Waals surface area contributed by atoms with Crippen LogP contribution in [0.3, 0.4) is 0 Å². The Morgan fingerprint density at radius 1 is 1.47 bits per heavy atom. The summed E-state index contributed by atoms with van der Waals surface area (Å²) in [7, 11) is 1.36. The highest BCUT2D eigenvalue weighted by Gasteiger charge is 2.23. The first-order valence-electron chi connectivity index (χ1n) is 6.14. The number of esters is 1. The van der Waals surface area contributed by atoms with Gasteiger partial charge in [0.25, 0.3) is 0 Å². The minimum absolute atomic E-state index is 0.114. The van der Waals surface area contributed by atoms with Crippen LogP contribution in [0.15, 0.2) is 18.2 Å². The number of carbonyl (C=O) groups is 1. The molecule has 0 atom stereocenters. The number of nitrogens with zero attached hydrogens (tertiary/aromatic N) is 1. The van der Waals surface area contributed by atoms with E-state index in [9.17, 15) is 9.90 Å². The molecule has 0 spiro atoms. The van der Waals surface area contributed by atoms with Crippen molar-refractivity contribution in [1.82, 2.24) is 10.3 Å². The van der Waals surface area contributed by atoms with Gasteiger partial charge in [-0.15, -0.1) is 0 Å². The number of ether oxygens (including phenoxy) is 1.